The summed E-state index contributed by atoms with van der Waals surface area (Å²) in [5.74, 6) is 0.475. The first-order valence-electron chi connectivity index (χ1n) is 7.82. The standard InChI is InChI=1S/C20H17ClN2O2/c1-14(24)23-22-12-19-18-5-3-2-4-16(18)8-11-20(19)25-13-15-6-9-17(21)10-7-15/h2-12H,13H2,1H3,(H,23,24)/b22-12-. The Kier molecular flexibility index (Phi) is 5.31. The fourth-order valence-corrected chi connectivity index (χ4v) is 2.59. The van der Waals surface area contributed by atoms with Crippen LogP contribution in [0.15, 0.2) is 65.8 Å². The van der Waals surface area contributed by atoms with Crippen molar-refractivity contribution in [1.82, 2.24) is 5.43 Å². The van der Waals surface area contributed by atoms with Gasteiger partial charge < -0.3 is 4.74 Å². The lowest BCUT2D eigenvalue weighted by molar-refractivity contribution is -0.118. The molecule has 0 saturated heterocycles. The van der Waals surface area contributed by atoms with Crippen molar-refractivity contribution in [2.45, 2.75) is 13.5 Å². The Labute approximate surface area is 151 Å². The summed E-state index contributed by atoms with van der Waals surface area (Å²) in [6.07, 6.45) is 1.61. The smallest absolute Gasteiger partial charge is 0.236 e. The molecular formula is C20H17ClN2O2. The third-order valence-corrected chi connectivity index (χ3v) is 3.91. The number of hydrogen-bond acceptors (Lipinski definition) is 3. The Bertz CT molecular complexity index is 921. The number of carbonyl (C=O) groups excluding carboxylic acids is 1. The minimum Gasteiger partial charge on any atom is -0.488 e. The zero-order chi connectivity index (χ0) is 17.6. The highest BCUT2D eigenvalue weighted by molar-refractivity contribution is 6.30. The number of ether oxygens (including phenoxy) is 1. The van der Waals surface area contributed by atoms with E-state index in [0.717, 1.165) is 21.9 Å². The molecule has 5 heteroatoms. The van der Waals surface area contributed by atoms with E-state index in [-0.39, 0.29) is 5.91 Å². The van der Waals surface area contributed by atoms with E-state index in [9.17, 15) is 4.79 Å². The number of hydrazone groups is 1. The van der Waals surface area contributed by atoms with E-state index in [1.165, 1.54) is 6.92 Å². The van der Waals surface area contributed by atoms with Gasteiger partial charge in [-0.25, -0.2) is 5.43 Å². The average molecular weight is 353 g/mol. The first-order valence-corrected chi connectivity index (χ1v) is 8.20. The van der Waals surface area contributed by atoms with Crippen molar-refractivity contribution in [3.05, 3.63) is 76.8 Å². The zero-order valence-corrected chi connectivity index (χ0v) is 14.5. The van der Waals surface area contributed by atoms with Crippen LogP contribution in [0.5, 0.6) is 5.75 Å². The molecule has 3 rings (SSSR count). The first kappa shape index (κ1) is 17.0. The quantitative estimate of drug-likeness (QED) is 0.541. The molecular weight excluding hydrogens is 336 g/mol. The van der Waals surface area contributed by atoms with Crippen molar-refractivity contribution in [2.75, 3.05) is 0 Å². The van der Waals surface area contributed by atoms with Gasteiger partial charge in [-0.1, -0.05) is 54.1 Å². The van der Waals surface area contributed by atoms with E-state index in [1.807, 2.05) is 60.7 Å². The number of hydrogen-bond donors (Lipinski definition) is 1. The number of rotatable bonds is 5. The topological polar surface area (TPSA) is 50.7 Å². The van der Waals surface area contributed by atoms with E-state index in [1.54, 1.807) is 6.21 Å². The third-order valence-electron chi connectivity index (χ3n) is 3.65. The Hall–Kier alpha value is -2.85. The summed E-state index contributed by atoms with van der Waals surface area (Å²) in [5, 5.41) is 6.77. The Morgan fingerprint density at radius 1 is 1.12 bits per heavy atom. The van der Waals surface area contributed by atoms with Crippen molar-refractivity contribution in [1.29, 1.82) is 0 Å². The number of benzene rings is 3. The van der Waals surface area contributed by atoms with E-state index in [4.69, 9.17) is 16.3 Å². The molecule has 0 aliphatic rings. The molecule has 0 atom stereocenters. The molecule has 0 aliphatic carbocycles. The van der Waals surface area contributed by atoms with Crippen LogP contribution < -0.4 is 10.2 Å². The molecule has 0 fully saturated rings. The predicted molar refractivity (Wildman–Crippen MR) is 101 cm³/mol. The maximum absolute atomic E-state index is 11.1. The van der Waals surface area contributed by atoms with Gasteiger partial charge in [-0.15, -0.1) is 0 Å². The highest BCUT2D eigenvalue weighted by Gasteiger charge is 2.08. The predicted octanol–water partition coefficient (Wildman–Crippen LogP) is 4.54. The SMILES string of the molecule is CC(=O)N/N=C\c1c(OCc2ccc(Cl)cc2)ccc2ccccc12. The van der Waals surface area contributed by atoms with Crippen LogP contribution in [-0.4, -0.2) is 12.1 Å². The van der Waals surface area contributed by atoms with Gasteiger partial charge in [0.1, 0.15) is 12.4 Å². The van der Waals surface area contributed by atoms with Gasteiger partial charge in [0.05, 0.1) is 6.21 Å². The third kappa shape index (κ3) is 4.37. The van der Waals surface area contributed by atoms with Crippen molar-refractivity contribution >= 4 is 34.5 Å². The summed E-state index contributed by atoms with van der Waals surface area (Å²) in [6, 6.07) is 19.4. The van der Waals surface area contributed by atoms with Crippen LogP contribution >= 0.6 is 11.6 Å². The van der Waals surface area contributed by atoms with Gasteiger partial charge >= 0.3 is 0 Å². The van der Waals surface area contributed by atoms with Gasteiger partial charge in [-0.2, -0.15) is 5.10 Å². The first-order chi connectivity index (χ1) is 12.1. The molecule has 1 amide bonds. The molecule has 0 spiro atoms. The monoisotopic (exact) mass is 352 g/mol. The number of carbonyl (C=O) groups is 1. The molecule has 0 unspecified atom stereocenters. The molecule has 3 aromatic rings. The maximum Gasteiger partial charge on any atom is 0.236 e. The van der Waals surface area contributed by atoms with Gasteiger partial charge in [-0.05, 0) is 34.5 Å². The van der Waals surface area contributed by atoms with Crippen LogP contribution in [-0.2, 0) is 11.4 Å². The molecule has 0 aliphatic heterocycles. The maximum atomic E-state index is 11.1. The Morgan fingerprint density at radius 3 is 2.64 bits per heavy atom. The minimum absolute atomic E-state index is 0.222. The summed E-state index contributed by atoms with van der Waals surface area (Å²) >= 11 is 5.91. The zero-order valence-electron chi connectivity index (χ0n) is 13.7. The molecule has 3 aromatic carbocycles. The average Bonchev–Trinajstić information content (AvgIpc) is 2.62. The lowest BCUT2D eigenvalue weighted by Gasteiger charge is -2.12. The number of halogens is 1. The lowest BCUT2D eigenvalue weighted by atomic mass is 10.0. The van der Waals surface area contributed by atoms with Gasteiger partial charge in [0.15, 0.2) is 0 Å². The molecule has 126 valence electrons. The molecule has 0 aromatic heterocycles. The van der Waals surface area contributed by atoms with E-state index in [2.05, 4.69) is 10.5 Å². The summed E-state index contributed by atoms with van der Waals surface area (Å²) in [4.78, 5) is 11.1. The molecule has 4 nitrogen and oxygen atoms in total. The molecule has 1 N–H and O–H groups in total. The van der Waals surface area contributed by atoms with Crippen LogP contribution in [0.25, 0.3) is 10.8 Å². The van der Waals surface area contributed by atoms with Crippen LogP contribution in [0, 0.1) is 0 Å². The largest absolute Gasteiger partial charge is 0.488 e. The second-order valence-corrected chi connectivity index (χ2v) is 5.98. The fraction of sp³-hybridized carbons (Fsp3) is 0.100. The van der Waals surface area contributed by atoms with Crippen LogP contribution in [0.4, 0.5) is 0 Å². The van der Waals surface area contributed by atoms with Crippen molar-refractivity contribution < 1.29 is 9.53 Å². The van der Waals surface area contributed by atoms with Crippen LogP contribution in [0.2, 0.25) is 5.02 Å². The van der Waals surface area contributed by atoms with E-state index in [0.29, 0.717) is 17.4 Å². The number of nitrogens with one attached hydrogen (secondary N) is 1. The Morgan fingerprint density at radius 2 is 1.88 bits per heavy atom. The lowest BCUT2D eigenvalue weighted by Crippen LogP contribution is -2.12. The van der Waals surface area contributed by atoms with Crippen molar-refractivity contribution in [3.8, 4) is 5.75 Å². The molecule has 0 heterocycles. The number of amides is 1. The van der Waals surface area contributed by atoms with Crippen LogP contribution in [0.3, 0.4) is 0 Å². The highest BCUT2D eigenvalue weighted by Crippen LogP contribution is 2.27. The highest BCUT2D eigenvalue weighted by atomic mass is 35.5. The molecule has 0 saturated carbocycles. The van der Waals surface area contributed by atoms with Gasteiger partial charge in [-0.3, -0.25) is 4.79 Å². The molecule has 0 radical (unpaired) electrons. The van der Waals surface area contributed by atoms with Crippen LogP contribution in [0.1, 0.15) is 18.1 Å². The molecule has 25 heavy (non-hydrogen) atoms. The number of nitrogens with zero attached hydrogens (tertiary/aromatic N) is 1. The summed E-state index contributed by atoms with van der Waals surface area (Å²) in [6.45, 7) is 1.83. The van der Waals surface area contributed by atoms with E-state index < -0.39 is 0 Å². The second-order valence-electron chi connectivity index (χ2n) is 5.54. The van der Waals surface area contributed by atoms with Crippen molar-refractivity contribution in [2.24, 2.45) is 5.10 Å². The molecule has 0 bridgehead atoms. The van der Waals surface area contributed by atoms with E-state index >= 15 is 0 Å². The minimum atomic E-state index is -0.222. The van der Waals surface area contributed by atoms with Gasteiger partial charge in [0.2, 0.25) is 5.91 Å². The Balaban J connectivity index is 1.91. The summed E-state index contributed by atoms with van der Waals surface area (Å²) in [7, 11) is 0. The van der Waals surface area contributed by atoms with Gasteiger partial charge in [0, 0.05) is 17.5 Å². The normalized spacial score (nSPS) is 11.0. The second kappa shape index (κ2) is 7.81. The fourth-order valence-electron chi connectivity index (χ4n) is 2.46. The number of fused-ring (bicyclic) bond motifs is 1. The van der Waals surface area contributed by atoms with Crippen molar-refractivity contribution in [3.63, 3.8) is 0 Å². The summed E-state index contributed by atoms with van der Waals surface area (Å²) in [5.41, 5.74) is 4.26. The van der Waals surface area contributed by atoms with Gasteiger partial charge in [0.25, 0.3) is 0 Å². The summed E-state index contributed by atoms with van der Waals surface area (Å²) < 4.78 is 5.98.